The van der Waals surface area contributed by atoms with Gasteiger partial charge < -0.3 is 10.1 Å². The minimum Gasteiger partial charge on any atom is -0.490 e. The fourth-order valence-electron chi connectivity index (χ4n) is 1.66. The second-order valence-electron chi connectivity index (χ2n) is 4.08. The number of nitrogens with zero attached hydrogens (tertiary/aromatic N) is 1. The Morgan fingerprint density at radius 1 is 1.50 bits per heavy atom. The fourth-order valence-corrected chi connectivity index (χ4v) is 1.66. The van der Waals surface area contributed by atoms with Gasteiger partial charge in [0.05, 0.1) is 12.7 Å². The second-order valence-corrected chi connectivity index (χ2v) is 4.08. The van der Waals surface area contributed by atoms with Crippen LogP contribution in [-0.2, 0) is 0 Å². The molecule has 0 aliphatic rings. The van der Waals surface area contributed by atoms with Crippen LogP contribution in [0.1, 0.15) is 38.3 Å². The third-order valence-corrected chi connectivity index (χ3v) is 2.66. The summed E-state index contributed by atoms with van der Waals surface area (Å²) in [5.41, 5.74) is 0.902. The Labute approximate surface area is 108 Å². The van der Waals surface area contributed by atoms with Gasteiger partial charge in [-0.15, -0.1) is 0 Å². The molecule has 0 spiro atoms. The Balaban J connectivity index is 2.59. The minimum absolute atomic E-state index is 0.122. The number of rotatable bonds is 7. The molecular weight excluding hydrogens is 231 g/mol. The lowest BCUT2D eigenvalue weighted by Crippen LogP contribution is -2.17. The van der Waals surface area contributed by atoms with E-state index in [4.69, 9.17) is 10.00 Å². The van der Waals surface area contributed by atoms with Crippen LogP contribution in [0.5, 0.6) is 5.75 Å². The number of hydrogen-bond donors (Lipinski definition) is 1. The average Bonchev–Trinajstić information content (AvgIpc) is 2.36. The molecule has 0 fully saturated rings. The monoisotopic (exact) mass is 250 g/mol. The van der Waals surface area contributed by atoms with Crippen molar-refractivity contribution in [2.24, 2.45) is 0 Å². The van der Waals surface area contributed by atoms with Crippen LogP contribution in [0.15, 0.2) is 18.2 Å². The number of nitrogens with one attached hydrogen (secondary N) is 1. The van der Waals surface area contributed by atoms with E-state index in [1.165, 1.54) is 6.07 Å². The van der Waals surface area contributed by atoms with Crippen molar-refractivity contribution in [1.82, 2.24) is 5.32 Å². The van der Waals surface area contributed by atoms with Gasteiger partial charge in [-0.2, -0.15) is 5.26 Å². The molecule has 1 aromatic carbocycles. The Kier molecular flexibility index (Phi) is 6.16. The number of benzene rings is 1. The molecule has 0 saturated heterocycles. The zero-order valence-electron chi connectivity index (χ0n) is 10.9. The van der Waals surface area contributed by atoms with E-state index in [-0.39, 0.29) is 17.6 Å². The van der Waals surface area contributed by atoms with Gasteiger partial charge in [-0.1, -0.05) is 13.0 Å². The number of nitriles is 1. The van der Waals surface area contributed by atoms with Crippen molar-refractivity contribution in [1.29, 1.82) is 5.26 Å². The molecule has 3 nitrogen and oxygen atoms in total. The highest BCUT2D eigenvalue weighted by atomic mass is 19.1. The Hall–Kier alpha value is -1.60. The van der Waals surface area contributed by atoms with Gasteiger partial charge >= 0.3 is 0 Å². The van der Waals surface area contributed by atoms with Crippen LogP contribution in [0.25, 0.3) is 0 Å². The molecule has 1 atom stereocenters. The van der Waals surface area contributed by atoms with E-state index in [1.54, 1.807) is 6.07 Å². The number of ether oxygens (including phenoxy) is 1. The molecule has 4 heteroatoms. The van der Waals surface area contributed by atoms with Crippen molar-refractivity contribution >= 4 is 0 Å². The zero-order chi connectivity index (χ0) is 13.4. The molecule has 0 aromatic heterocycles. The lowest BCUT2D eigenvalue weighted by Gasteiger charge is -2.14. The first kappa shape index (κ1) is 14.5. The molecule has 0 saturated carbocycles. The van der Waals surface area contributed by atoms with E-state index >= 15 is 0 Å². The van der Waals surface area contributed by atoms with Gasteiger partial charge in [0.2, 0.25) is 0 Å². The fraction of sp³-hybridized carbons (Fsp3) is 0.500. The van der Waals surface area contributed by atoms with E-state index in [1.807, 2.05) is 26.0 Å². The maximum Gasteiger partial charge on any atom is 0.165 e. The third-order valence-electron chi connectivity index (χ3n) is 2.66. The van der Waals surface area contributed by atoms with Crippen molar-refractivity contribution in [2.45, 2.75) is 32.7 Å². The molecule has 0 amide bonds. The molecule has 1 aromatic rings. The summed E-state index contributed by atoms with van der Waals surface area (Å²) < 4.78 is 19.0. The summed E-state index contributed by atoms with van der Waals surface area (Å²) >= 11 is 0. The molecule has 98 valence electrons. The van der Waals surface area contributed by atoms with Crippen molar-refractivity contribution in [3.63, 3.8) is 0 Å². The Bertz CT molecular complexity index is 415. The highest BCUT2D eigenvalue weighted by Gasteiger charge is 2.09. The summed E-state index contributed by atoms with van der Waals surface area (Å²) in [5.74, 6) is -0.102. The zero-order valence-corrected chi connectivity index (χ0v) is 10.9. The van der Waals surface area contributed by atoms with Crippen LogP contribution < -0.4 is 10.1 Å². The summed E-state index contributed by atoms with van der Waals surface area (Å²) in [6, 6.07) is 7.14. The third kappa shape index (κ3) is 4.34. The maximum absolute atomic E-state index is 13.7. The summed E-state index contributed by atoms with van der Waals surface area (Å²) in [4.78, 5) is 0. The molecular formula is C14H19FN2O. The van der Waals surface area contributed by atoms with E-state index in [0.717, 1.165) is 12.1 Å². The number of unbranched alkanes of at least 4 members (excludes halogenated alkanes) is 1. The van der Waals surface area contributed by atoms with Crippen LogP contribution in [0.4, 0.5) is 4.39 Å². The number of halogens is 1. The first-order chi connectivity index (χ1) is 8.69. The number of hydrogen-bond acceptors (Lipinski definition) is 3. The highest BCUT2D eigenvalue weighted by molar-refractivity contribution is 5.30. The molecule has 18 heavy (non-hydrogen) atoms. The van der Waals surface area contributed by atoms with Crippen LogP contribution >= 0.6 is 0 Å². The van der Waals surface area contributed by atoms with Crippen molar-refractivity contribution in [3.8, 4) is 11.8 Å². The van der Waals surface area contributed by atoms with E-state index in [9.17, 15) is 4.39 Å². The van der Waals surface area contributed by atoms with Crippen molar-refractivity contribution in [3.05, 3.63) is 29.6 Å². The first-order valence-corrected chi connectivity index (χ1v) is 6.21. The van der Waals surface area contributed by atoms with Gasteiger partial charge in [0.25, 0.3) is 0 Å². The van der Waals surface area contributed by atoms with Gasteiger partial charge in [-0.3, -0.25) is 0 Å². The second kappa shape index (κ2) is 7.67. The van der Waals surface area contributed by atoms with Crippen molar-refractivity contribution in [2.75, 3.05) is 13.2 Å². The normalized spacial score (nSPS) is 11.9. The lowest BCUT2D eigenvalue weighted by molar-refractivity contribution is 0.297. The summed E-state index contributed by atoms with van der Waals surface area (Å²) in [5, 5.41) is 11.6. The molecule has 0 aliphatic carbocycles. The quantitative estimate of drug-likeness (QED) is 0.756. The van der Waals surface area contributed by atoms with Gasteiger partial charge in [-0.05, 0) is 37.6 Å². The lowest BCUT2D eigenvalue weighted by atomic mass is 10.1. The van der Waals surface area contributed by atoms with E-state index in [2.05, 4.69) is 5.32 Å². The van der Waals surface area contributed by atoms with Gasteiger partial charge in [-0.25, -0.2) is 4.39 Å². The van der Waals surface area contributed by atoms with Crippen molar-refractivity contribution < 1.29 is 9.13 Å². The topological polar surface area (TPSA) is 45.0 Å². The largest absolute Gasteiger partial charge is 0.490 e. The summed E-state index contributed by atoms with van der Waals surface area (Å²) in [7, 11) is 0. The van der Waals surface area contributed by atoms with Gasteiger partial charge in [0, 0.05) is 12.5 Å². The average molecular weight is 250 g/mol. The smallest absolute Gasteiger partial charge is 0.165 e. The molecule has 0 radical (unpaired) electrons. The SMILES string of the molecule is CCNC(C)c1ccc(OCCCC#N)c(F)c1. The molecule has 0 heterocycles. The highest BCUT2D eigenvalue weighted by Crippen LogP contribution is 2.22. The summed E-state index contributed by atoms with van der Waals surface area (Å²) in [6.07, 6.45) is 1.04. The van der Waals surface area contributed by atoms with Gasteiger partial charge in [0.1, 0.15) is 0 Å². The van der Waals surface area contributed by atoms with Crippen LogP contribution in [0, 0.1) is 17.1 Å². The van der Waals surface area contributed by atoms with Crippen LogP contribution in [-0.4, -0.2) is 13.2 Å². The van der Waals surface area contributed by atoms with Crippen LogP contribution in [0.3, 0.4) is 0 Å². The molecule has 1 N–H and O–H groups in total. The molecule has 1 rings (SSSR count). The summed E-state index contributed by atoms with van der Waals surface area (Å²) in [6.45, 7) is 5.22. The molecule has 0 bridgehead atoms. The molecule has 1 unspecified atom stereocenters. The predicted octanol–water partition coefficient (Wildman–Crippen LogP) is 3.18. The maximum atomic E-state index is 13.7. The molecule has 0 aliphatic heterocycles. The first-order valence-electron chi connectivity index (χ1n) is 6.21. The Morgan fingerprint density at radius 3 is 2.89 bits per heavy atom. The standard InChI is InChI=1S/C14H19FN2O/c1-3-17-11(2)12-6-7-14(13(15)10-12)18-9-5-4-8-16/h6-7,10-11,17H,3-5,9H2,1-2H3. The van der Waals surface area contributed by atoms with Gasteiger partial charge in [0.15, 0.2) is 11.6 Å². The Morgan fingerprint density at radius 2 is 2.28 bits per heavy atom. The van der Waals surface area contributed by atoms with E-state index < -0.39 is 0 Å². The van der Waals surface area contributed by atoms with Crippen LogP contribution in [0.2, 0.25) is 0 Å². The predicted molar refractivity (Wildman–Crippen MR) is 68.8 cm³/mol. The van der Waals surface area contributed by atoms with E-state index in [0.29, 0.717) is 19.4 Å². The minimum atomic E-state index is -0.353.